The predicted molar refractivity (Wildman–Crippen MR) is 73.5 cm³/mol. The summed E-state index contributed by atoms with van der Waals surface area (Å²) in [7, 11) is 1.98. The zero-order valence-electron chi connectivity index (χ0n) is 10.5. The summed E-state index contributed by atoms with van der Waals surface area (Å²) in [5.41, 5.74) is 6.44. The fourth-order valence-electron chi connectivity index (χ4n) is 1.87. The molecule has 0 spiro atoms. The first-order chi connectivity index (χ1) is 7.91. The maximum Gasteiger partial charge on any atom is 0.137 e. The van der Waals surface area contributed by atoms with E-state index in [-0.39, 0.29) is 10.8 Å². The quantitative estimate of drug-likeness (QED) is 0.819. The number of hydrogen-bond donors (Lipinski definition) is 1. The number of nitrogens with two attached hydrogens (primary N) is 1. The number of nitrogens with zero attached hydrogens (tertiary/aromatic N) is 1. The van der Waals surface area contributed by atoms with Crippen molar-refractivity contribution in [1.82, 2.24) is 4.90 Å². The first-order valence-corrected chi connectivity index (χ1v) is 6.08. The Hall–Kier alpha value is -1.00. The molecule has 0 unspecified atom stereocenters. The van der Waals surface area contributed by atoms with Crippen LogP contribution in [0.5, 0.6) is 0 Å². The third kappa shape index (κ3) is 4.06. The SMILES string of the molecule is CC(C)CN(C)Cc1cccc(C(N)=S)c1F. The van der Waals surface area contributed by atoms with Crippen molar-refractivity contribution in [1.29, 1.82) is 0 Å². The van der Waals surface area contributed by atoms with Gasteiger partial charge in [0.25, 0.3) is 0 Å². The van der Waals surface area contributed by atoms with E-state index in [1.54, 1.807) is 18.2 Å². The Labute approximate surface area is 108 Å². The monoisotopic (exact) mass is 254 g/mol. The Morgan fingerprint density at radius 1 is 1.47 bits per heavy atom. The van der Waals surface area contributed by atoms with E-state index >= 15 is 0 Å². The van der Waals surface area contributed by atoms with Gasteiger partial charge in [-0.3, -0.25) is 0 Å². The van der Waals surface area contributed by atoms with Gasteiger partial charge in [0.1, 0.15) is 10.8 Å². The van der Waals surface area contributed by atoms with Crippen molar-refractivity contribution in [3.63, 3.8) is 0 Å². The number of benzene rings is 1. The zero-order valence-corrected chi connectivity index (χ0v) is 11.4. The van der Waals surface area contributed by atoms with Crippen LogP contribution in [0.25, 0.3) is 0 Å². The van der Waals surface area contributed by atoms with Gasteiger partial charge in [-0.25, -0.2) is 4.39 Å². The summed E-state index contributed by atoms with van der Waals surface area (Å²) in [5, 5.41) is 0. The Morgan fingerprint density at radius 3 is 2.65 bits per heavy atom. The lowest BCUT2D eigenvalue weighted by Gasteiger charge is -2.19. The Morgan fingerprint density at radius 2 is 2.12 bits per heavy atom. The molecule has 0 saturated heterocycles. The molecule has 17 heavy (non-hydrogen) atoms. The topological polar surface area (TPSA) is 29.3 Å². The van der Waals surface area contributed by atoms with Crippen LogP contribution in [0.1, 0.15) is 25.0 Å². The van der Waals surface area contributed by atoms with Crippen molar-refractivity contribution in [2.75, 3.05) is 13.6 Å². The minimum atomic E-state index is -0.296. The highest BCUT2D eigenvalue weighted by molar-refractivity contribution is 7.80. The summed E-state index contributed by atoms with van der Waals surface area (Å²) in [6.45, 7) is 5.77. The molecule has 2 nitrogen and oxygen atoms in total. The molecule has 0 amide bonds. The first-order valence-electron chi connectivity index (χ1n) is 5.67. The van der Waals surface area contributed by atoms with Crippen LogP contribution >= 0.6 is 12.2 Å². The third-order valence-corrected chi connectivity index (χ3v) is 2.68. The molecule has 0 aliphatic carbocycles. The summed E-state index contributed by atoms with van der Waals surface area (Å²) in [6.07, 6.45) is 0. The van der Waals surface area contributed by atoms with Crippen LogP contribution in [0, 0.1) is 11.7 Å². The second kappa shape index (κ2) is 6.07. The largest absolute Gasteiger partial charge is 0.389 e. The summed E-state index contributed by atoms with van der Waals surface area (Å²) in [6, 6.07) is 5.17. The highest BCUT2D eigenvalue weighted by atomic mass is 32.1. The normalized spacial score (nSPS) is 11.2. The van der Waals surface area contributed by atoms with Crippen molar-refractivity contribution in [3.8, 4) is 0 Å². The van der Waals surface area contributed by atoms with Gasteiger partial charge in [0.05, 0.1) is 0 Å². The van der Waals surface area contributed by atoms with Crippen LogP contribution in [0.4, 0.5) is 4.39 Å². The second-order valence-electron chi connectivity index (χ2n) is 4.73. The zero-order chi connectivity index (χ0) is 13.0. The lowest BCUT2D eigenvalue weighted by molar-refractivity contribution is 0.284. The molecule has 0 aliphatic rings. The van der Waals surface area contributed by atoms with Crippen LogP contribution in [-0.4, -0.2) is 23.5 Å². The van der Waals surface area contributed by atoms with Crippen molar-refractivity contribution in [2.24, 2.45) is 11.7 Å². The Kier molecular flexibility index (Phi) is 5.02. The van der Waals surface area contributed by atoms with E-state index in [0.29, 0.717) is 23.6 Å². The number of hydrogen-bond acceptors (Lipinski definition) is 2. The molecule has 4 heteroatoms. The van der Waals surface area contributed by atoms with Gasteiger partial charge >= 0.3 is 0 Å². The fourth-order valence-corrected chi connectivity index (χ4v) is 2.03. The van der Waals surface area contributed by atoms with Gasteiger partial charge < -0.3 is 10.6 Å². The molecule has 0 heterocycles. The van der Waals surface area contributed by atoms with E-state index in [1.165, 1.54) is 0 Å². The van der Waals surface area contributed by atoms with Crippen LogP contribution < -0.4 is 5.73 Å². The van der Waals surface area contributed by atoms with E-state index in [0.717, 1.165) is 6.54 Å². The maximum absolute atomic E-state index is 14.0. The fraction of sp³-hybridized carbons (Fsp3) is 0.462. The second-order valence-corrected chi connectivity index (χ2v) is 5.17. The molecule has 0 radical (unpaired) electrons. The minimum Gasteiger partial charge on any atom is -0.389 e. The van der Waals surface area contributed by atoms with Crippen molar-refractivity contribution >= 4 is 17.2 Å². The maximum atomic E-state index is 14.0. The molecule has 0 aromatic heterocycles. The van der Waals surface area contributed by atoms with Gasteiger partial charge in [-0.2, -0.15) is 0 Å². The lowest BCUT2D eigenvalue weighted by Crippen LogP contribution is -2.24. The van der Waals surface area contributed by atoms with Gasteiger partial charge in [0.2, 0.25) is 0 Å². The minimum absolute atomic E-state index is 0.107. The molecule has 0 atom stereocenters. The Balaban J connectivity index is 2.85. The molecule has 1 aromatic rings. The molecule has 0 saturated carbocycles. The Bertz CT molecular complexity index is 404. The molecule has 0 bridgehead atoms. The smallest absolute Gasteiger partial charge is 0.137 e. The van der Waals surface area contributed by atoms with Gasteiger partial charge in [0, 0.05) is 24.2 Å². The molecular weight excluding hydrogens is 235 g/mol. The summed E-state index contributed by atoms with van der Waals surface area (Å²) in [5.74, 6) is 0.262. The van der Waals surface area contributed by atoms with E-state index < -0.39 is 0 Å². The summed E-state index contributed by atoms with van der Waals surface area (Å²) in [4.78, 5) is 2.20. The summed E-state index contributed by atoms with van der Waals surface area (Å²) >= 11 is 4.82. The van der Waals surface area contributed by atoms with E-state index in [9.17, 15) is 4.39 Å². The molecule has 0 fully saturated rings. The van der Waals surface area contributed by atoms with Gasteiger partial charge in [0.15, 0.2) is 0 Å². The molecule has 1 aromatic carbocycles. The van der Waals surface area contributed by atoms with Crippen molar-refractivity contribution < 1.29 is 4.39 Å². The molecule has 0 aliphatic heterocycles. The summed E-state index contributed by atoms with van der Waals surface area (Å²) < 4.78 is 14.0. The van der Waals surface area contributed by atoms with Crippen LogP contribution in [0.15, 0.2) is 18.2 Å². The predicted octanol–water partition coefficient (Wildman–Crippen LogP) is 2.55. The third-order valence-electron chi connectivity index (χ3n) is 2.46. The average molecular weight is 254 g/mol. The van der Waals surface area contributed by atoms with Crippen LogP contribution in [-0.2, 0) is 6.54 Å². The highest BCUT2D eigenvalue weighted by Gasteiger charge is 2.12. The standard InChI is InChI=1S/C13H19FN2S/c1-9(2)7-16(3)8-10-5-4-6-11(12(10)14)13(15)17/h4-6,9H,7-8H2,1-3H3,(H2,15,17). The van der Waals surface area contributed by atoms with Gasteiger partial charge in [-0.15, -0.1) is 0 Å². The molecule has 2 N–H and O–H groups in total. The highest BCUT2D eigenvalue weighted by Crippen LogP contribution is 2.15. The molecule has 94 valence electrons. The number of thiocarbonyl (C=S) groups is 1. The van der Waals surface area contributed by atoms with Crippen LogP contribution in [0.3, 0.4) is 0 Å². The molecular formula is C13H19FN2S. The number of rotatable bonds is 5. The van der Waals surface area contributed by atoms with E-state index in [4.69, 9.17) is 18.0 Å². The average Bonchev–Trinajstić information content (AvgIpc) is 2.19. The number of halogens is 1. The first kappa shape index (κ1) is 14.1. The lowest BCUT2D eigenvalue weighted by atomic mass is 10.1. The van der Waals surface area contributed by atoms with Gasteiger partial charge in [-0.05, 0) is 19.0 Å². The van der Waals surface area contributed by atoms with Crippen molar-refractivity contribution in [3.05, 3.63) is 35.1 Å². The van der Waals surface area contributed by atoms with E-state index in [1.807, 2.05) is 7.05 Å². The van der Waals surface area contributed by atoms with Crippen molar-refractivity contribution in [2.45, 2.75) is 20.4 Å². The molecule has 1 rings (SSSR count). The van der Waals surface area contributed by atoms with Crippen LogP contribution in [0.2, 0.25) is 0 Å². The van der Waals surface area contributed by atoms with E-state index in [2.05, 4.69) is 18.7 Å². The van der Waals surface area contributed by atoms with Gasteiger partial charge in [-0.1, -0.05) is 38.2 Å².